The van der Waals surface area contributed by atoms with Crippen molar-refractivity contribution in [2.24, 2.45) is 0 Å². The summed E-state index contributed by atoms with van der Waals surface area (Å²) in [6.45, 7) is 9.04. The molecule has 1 amide bonds. The van der Waals surface area contributed by atoms with Gasteiger partial charge in [-0.05, 0) is 58.7 Å². The first-order chi connectivity index (χ1) is 12.8. The molecule has 2 heterocycles. The van der Waals surface area contributed by atoms with E-state index in [4.69, 9.17) is 9.47 Å². The Morgan fingerprint density at radius 3 is 2.56 bits per heavy atom. The van der Waals surface area contributed by atoms with Crippen molar-refractivity contribution < 1.29 is 19.1 Å². The second-order valence-corrected chi connectivity index (χ2v) is 7.78. The van der Waals surface area contributed by atoms with Crippen LogP contribution in [0.4, 0.5) is 4.79 Å². The summed E-state index contributed by atoms with van der Waals surface area (Å²) < 4.78 is 12.5. The van der Waals surface area contributed by atoms with Gasteiger partial charge < -0.3 is 14.4 Å². The van der Waals surface area contributed by atoms with Crippen LogP contribution in [-0.2, 0) is 9.47 Å². The van der Waals surface area contributed by atoms with E-state index < -0.39 is 5.60 Å². The summed E-state index contributed by atoms with van der Waals surface area (Å²) in [6, 6.07) is 5.71. The Labute approximate surface area is 159 Å². The highest BCUT2D eigenvalue weighted by Gasteiger charge is 2.28. The number of ether oxygens (including phenoxy) is 2. The van der Waals surface area contributed by atoms with E-state index in [9.17, 15) is 9.59 Å². The number of rotatable bonds is 3. The van der Waals surface area contributed by atoms with Crippen molar-refractivity contribution >= 4 is 23.0 Å². The minimum Gasteiger partial charge on any atom is -0.462 e. The molecule has 1 aromatic carbocycles. The van der Waals surface area contributed by atoms with Crippen molar-refractivity contribution in [1.29, 1.82) is 0 Å². The van der Waals surface area contributed by atoms with Crippen LogP contribution in [-0.4, -0.2) is 52.0 Å². The highest BCUT2D eigenvalue weighted by molar-refractivity contribution is 5.94. The number of amides is 1. The van der Waals surface area contributed by atoms with Gasteiger partial charge in [-0.2, -0.15) is 5.10 Å². The van der Waals surface area contributed by atoms with Crippen LogP contribution in [0.5, 0.6) is 0 Å². The lowest BCUT2D eigenvalue weighted by Crippen LogP contribution is -2.42. The van der Waals surface area contributed by atoms with Gasteiger partial charge in [0.2, 0.25) is 0 Å². The maximum Gasteiger partial charge on any atom is 0.410 e. The standard InChI is InChI=1S/C20H27N3O4/c1-5-26-18(24)14-6-7-17-15(12-14)13-21-23(17)16-8-10-22(11-9-16)19(25)27-20(2,3)4/h6-7,12-13,16H,5,8-11H2,1-4H3. The van der Waals surface area contributed by atoms with Crippen molar-refractivity contribution in [2.45, 2.75) is 52.2 Å². The molecule has 0 bridgehead atoms. The number of aromatic nitrogens is 2. The number of likely N-dealkylation sites (tertiary alicyclic amines) is 1. The number of hydrogen-bond acceptors (Lipinski definition) is 5. The average Bonchev–Trinajstić information content (AvgIpc) is 3.03. The summed E-state index contributed by atoms with van der Waals surface area (Å²) in [5.41, 5.74) is 1.03. The second-order valence-electron chi connectivity index (χ2n) is 7.78. The maximum atomic E-state index is 12.2. The van der Waals surface area contributed by atoms with Gasteiger partial charge in [0.05, 0.1) is 29.9 Å². The highest BCUT2D eigenvalue weighted by Crippen LogP contribution is 2.27. The van der Waals surface area contributed by atoms with Gasteiger partial charge in [0.1, 0.15) is 5.60 Å². The van der Waals surface area contributed by atoms with Crippen LogP contribution in [0.25, 0.3) is 10.9 Å². The fourth-order valence-corrected chi connectivity index (χ4v) is 3.31. The molecule has 1 aliphatic heterocycles. The van der Waals surface area contributed by atoms with Crippen LogP contribution in [0.2, 0.25) is 0 Å². The molecule has 7 nitrogen and oxygen atoms in total. The van der Waals surface area contributed by atoms with Gasteiger partial charge in [-0.15, -0.1) is 0 Å². The van der Waals surface area contributed by atoms with Crippen molar-refractivity contribution in [3.63, 3.8) is 0 Å². The van der Waals surface area contributed by atoms with E-state index in [0.717, 1.165) is 23.7 Å². The predicted octanol–water partition coefficient (Wildman–Crippen LogP) is 3.79. The average molecular weight is 373 g/mol. The zero-order valence-corrected chi connectivity index (χ0v) is 16.4. The van der Waals surface area contributed by atoms with Crippen molar-refractivity contribution in [3.8, 4) is 0 Å². The first-order valence-electron chi connectivity index (χ1n) is 9.41. The Morgan fingerprint density at radius 1 is 1.22 bits per heavy atom. The molecule has 146 valence electrons. The summed E-state index contributed by atoms with van der Waals surface area (Å²) >= 11 is 0. The molecular weight excluding hydrogens is 346 g/mol. The molecule has 1 fully saturated rings. The first-order valence-corrected chi connectivity index (χ1v) is 9.41. The lowest BCUT2D eigenvalue weighted by atomic mass is 10.0. The highest BCUT2D eigenvalue weighted by atomic mass is 16.6. The number of carbonyl (C=O) groups excluding carboxylic acids is 2. The van der Waals surface area contributed by atoms with Gasteiger partial charge in [0.15, 0.2) is 0 Å². The van der Waals surface area contributed by atoms with Crippen LogP contribution in [0, 0.1) is 0 Å². The molecule has 0 atom stereocenters. The molecule has 0 saturated carbocycles. The molecule has 0 unspecified atom stereocenters. The Hall–Kier alpha value is -2.57. The molecule has 2 aromatic rings. The largest absolute Gasteiger partial charge is 0.462 e. The van der Waals surface area contributed by atoms with E-state index in [1.165, 1.54) is 0 Å². The molecule has 0 N–H and O–H groups in total. The summed E-state index contributed by atoms with van der Waals surface area (Å²) in [4.78, 5) is 25.9. The monoisotopic (exact) mass is 373 g/mol. The number of hydrogen-bond donors (Lipinski definition) is 0. The fraction of sp³-hybridized carbons (Fsp3) is 0.550. The number of benzene rings is 1. The molecule has 1 aromatic heterocycles. The molecule has 0 radical (unpaired) electrons. The third-order valence-corrected chi connectivity index (χ3v) is 4.57. The molecule has 1 aliphatic rings. The third kappa shape index (κ3) is 4.40. The third-order valence-electron chi connectivity index (χ3n) is 4.57. The van der Waals surface area contributed by atoms with Crippen LogP contribution in [0.15, 0.2) is 24.4 Å². The van der Waals surface area contributed by atoms with E-state index in [2.05, 4.69) is 5.10 Å². The van der Waals surface area contributed by atoms with Crippen molar-refractivity contribution in [1.82, 2.24) is 14.7 Å². The second kappa shape index (κ2) is 7.58. The minimum absolute atomic E-state index is 0.217. The van der Waals surface area contributed by atoms with Crippen LogP contribution >= 0.6 is 0 Å². The molecule has 1 saturated heterocycles. The summed E-state index contributed by atoms with van der Waals surface area (Å²) in [5.74, 6) is -0.321. The SMILES string of the molecule is CCOC(=O)c1ccc2c(cnn2C2CCN(C(=O)OC(C)(C)C)CC2)c1. The number of esters is 1. The number of nitrogens with zero attached hydrogens (tertiary/aromatic N) is 3. The van der Waals surface area contributed by atoms with E-state index in [-0.39, 0.29) is 18.1 Å². The Morgan fingerprint density at radius 2 is 1.93 bits per heavy atom. The Bertz CT molecular complexity index is 829. The lowest BCUT2D eigenvalue weighted by Gasteiger charge is -2.33. The molecule has 27 heavy (non-hydrogen) atoms. The lowest BCUT2D eigenvalue weighted by molar-refractivity contribution is 0.0186. The number of fused-ring (bicyclic) bond motifs is 1. The summed E-state index contributed by atoms with van der Waals surface area (Å²) in [5, 5.41) is 5.44. The maximum absolute atomic E-state index is 12.2. The molecule has 0 spiro atoms. The van der Waals surface area contributed by atoms with Gasteiger partial charge in [0, 0.05) is 18.5 Å². The van der Waals surface area contributed by atoms with Crippen LogP contribution < -0.4 is 0 Å². The van der Waals surface area contributed by atoms with Gasteiger partial charge in [0.25, 0.3) is 0 Å². The number of carbonyl (C=O) groups is 2. The van der Waals surface area contributed by atoms with Crippen molar-refractivity contribution in [2.75, 3.05) is 19.7 Å². The van der Waals surface area contributed by atoms with Gasteiger partial charge in [-0.1, -0.05) is 0 Å². The van der Waals surface area contributed by atoms with Crippen molar-refractivity contribution in [3.05, 3.63) is 30.0 Å². The zero-order valence-electron chi connectivity index (χ0n) is 16.4. The topological polar surface area (TPSA) is 73.7 Å². The molecule has 7 heteroatoms. The first kappa shape index (κ1) is 19.2. The Kier molecular flexibility index (Phi) is 5.39. The van der Waals surface area contributed by atoms with Crippen LogP contribution in [0.1, 0.15) is 56.9 Å². The summed E-state index contributed by atoms with van der Waals surface area (Å²) in [6.07, 6.45) is 3.15. The quantitative estimate of drug-likeness (QED) is 0.766. The number of piperidine rings is 1. The molecule has 3 rings (SSSR count). The van der Waals surface area contributed by atoms with E-state index in [1.807, 2.05) is 37.6 Å². The zero-order chi connectivity index (χ0) is 19.6. The van der Waals surface area contributed by atoms with Gasteiger partial charge in [-0.25, -0.2) is 9.59 Å². The predicted molar refractivity (Wildman–Crippen MR) is 102 cm³/mol. The molecule has 0 aliphatic carbocycles. The minimum atomic E-state index is -0.483. The van der Waals surface area contributed by atoms with E-state index in [1.54, 1.807) is 24.1 Å². The smallest absolute Gasteiger partial charge is 0.410 e. The van der Waals surface area contributed by atoms with Crippen LogP contribution in [0.3, 0.4) is 0 Å². The van der Waals surface area contributed by atoms with Gasteiger partial charge >= 0.3 is 12.1 Å². The Balaban J connectivity index is 1.69. The normalized spacial score (nSPS) is 15.8. The van der Waals surface area contributed by atoms with E-state index >= 15 is 0 Å². The molecular formula is C20H27N3O4. The summed E-state index contributed by atoms with van der Waals surface area (Å²) in [7, 11) is 0. The fourth-order valence-electron chi connectivity index (χ4n) is 3.31. The van der Waals surface area contributed by atoms with Gasteiger partial charge in [-0.3, -0.25) is 4.68 Å². The van der Waals surface area contributed by atoms with E-state index in [0.29, 0.717) is 25.3 Å².